The van der Waals surface area contributed by atoms with Crippen LogP contribution < -0.4 is 5.32 Å². The first kappa shape index (κ1) is 15.2. The van der Waals surface area contributed by atoms with Gasteiger partial charge in [-0.15, -0.1) is 0 Å². The fourth-order valence-corrected chi connectivity index (χ4v) is 2.60. The Balaban J connectivity index is 1.67. The molecule has 1 saturated heterocycles. The van der Waals surface area contributed by atoms with Crippen molar-refractivity contribution in [2.24, 2.45) is 0 Å². The van der Waals surface area contributed by atoms with Crippen LogP contribution in [0.2, 0.25) is 0 Å². The third kappa shape index (κ3) is 3.23. The van der Waals surface area contributed by atoms with E-state index in [9.17, 15) is 9.59 Å². The Labute approximate surface area is 134 Å². The predicted molar refractivity (Wildman–Crippen MR) is 86.1 cm³/mol. The fraction of sp³-hybridized carbons (Fsp3) is 0.375. The van der Waals surface area contributed by atoms with Gasteiger partial charge in [0.25, 0.3) is 5.91 Å². The predicted octanol–water partition coefficient (Wildman–Crippen LogP) is 1.12. The van der Waals surface area contributed by atoms with Crippen molar-refractivity contribution in [1.82, 2.24) is 25.1 Å². The van der Waals surface area contributed by atoms with Gasteiger partial charge < -0.3 is 15.1 Å². The summed E-state index contributed by atoms with van der Waals surface area (Å²) < 4.78 is 0. The summed E-state index contributed by atoms with van der Waals surface area (Å²) in [6, 6.07) is 7.38. The summed E-state index contributed by atoms with van der Waals surface area (Å²) in [6.07, 6.45) is 1.51. The van der Waals surface area contributed by atoms with E-state index >= 15 is 0 Å². The van der Waals surface area contributed by atoms with Gasteiger partial charge in [-0.1, -0.05) is 12.1 Å². The summed E-state index contributed by atoms with van der Waals surface area (Å²) in [5.74, 6) is -0.140. The zero-order valence-electron chi connectivity index (χ0n) is 13.0. The summed E-state index contributed by atoms with van der Waals surface area (Å²) >= 11 is 0. The number of nitrogens with one attached hydrogen (secondary N) is 1. The van der Waals surface area contributed by atoms with Crippen LogP contribution in [0.25, 0.3) is 11.0 Å². The number of para-hydroxylation sites is 2. The minimum Gasteiger partial charge on any atom is -0.338 e. The number of fused-ring (bicyclic) bond motifs is 1. The average molecular weight is 313 g/mol. The molecule has 2 heterocycles. The highest BCUT2D eigenvalue weighted by Gasteiger charge is 2.25. The van der Waals surface area contributed by atoms with Gasteiger partial charge in [0.1, 0.15) is 5.69 Å². The Bertz CT molecular complexity index is 725. The van der Waals surface area contributed by atoms with Gasteiger partial charge in [0.2, 0.25) is 0 Å². The standard InChI is InChI=1S/C16H19N5O2/c1-2-17-16(23)21-9-7-20(8-10-21)15(22)14-11-18-12-5-3-4-6-13(12)19-14/h3-6,11H,2,7-10H2,1H3,(H,17,23). The molecule has 0 bridgehead atoms. The lowest BCUT2D eigenvalue weighted by Gasteiger charge is -2.34. The number of benzene rings is 1. The monoisotopic (exact) mass is 313 g/mol. The molecule has 0 radical (unpaired) electrons. The van der Waals surface area contributed by atoms with Gasteiger partial charge >= 0.3 is 6.03 Å². The Kier molecular flexibility index (Phi) is 4.36. The summed E-state index contributed by atoms with van der Waals surface area (Å²) in [5, 5.41) is 2.77. The van der Waals surface area contributed by atoms with Crippen molar-refractivity contribution in [3.8, 4) is 0 Å². The SMILES string of the molecule is CCNC(=O)N1CCN(C(=O)c2cnc3ccccc3n2)CC1. The second-order valence-corrected chi connectivity index (χ2v) is 5.36. The molecular weight excluding hydrogens is 294 g/mol. The van der Waals surface area contributed by atoms with Gasteiger partial charge in [0.05, 0.1) is 17.2 Å². The van der Waals surface area contributed by atoms with E-state index in [2.05, 4.69) is 15.3 Å². The van der Waals surface area contributed by atoms with E-state index in [0.29, 0.717) is 43.9 Å². The number of amides is 3. The van der Waals surface area contributed by atoms with Crippen LogP contribution in [0.3, 0.4) is 0 Å². The lowest BCUT2D eigenvalue weighted by molar-refractivity contribution is 0.0659. The molecule has 0 atom stereocenters. The van der Waals surface area contributed by atoms with E-state index in [-0.39, 0.29) is 11.9 Å². The molecule has 7 nitrogen and oxygen atoms in total. The van der Waals surface area contributed by atoms with Crippen LogP contribution in [-0.2, 0) is 0 Å². The molecule has 23 heavy (non-hydrogen) atoms. The van der Waals surface area contributed by atoms with Crippen molar-refractivity contribution in [3.05, 3.63) is 36.2 Å². The molecule has 1 aliphatic rings. The van der Waals surface area contributed by atoms with E-state index in [1.807, 2.05) is 31.2 Å². The number of carbonyl (C=O) groups is 2. The van der Waals surface area contributed by atoms with Crippen LogP contribution in [0.15, 0.2) is 30.5 Å². The molecule has 1 fully saturated rings. The summed E-state index contributed by atoms with van der Waals surface area (Å²) in [4.78, 5) is 36.4. The molecule has 1 N–H and O–H groups in total. The van der Waals surface area contributed by atoms with Crippen LogP contribution in [0, 0.1) is 0 Å². The van der Waals surface area contributed by atoms with Gasteiger partial charge in [0, 0.05) is 32.7 Å². The Morgan fingerprint density at radius 2 is 1.74 bits per heavy atom. The maximum absolute atomic E-state index is 12.6. The maximum Gasteiger partial charge on any atom is 0.317 e. The molecule has 1 aromatic heterocycles. The second kappa shape index (κ2) is 6.60. The number of piperazine rings is 1. The molecule has 0 unspecified atom stereocenters. The molecule has 3 amide bonds. The minimum absolute atomic E-state index is 0.0786. The molecular formula is C16H19N5O2. The van der Waals surface area contributed by atoms with Crippen molar-refractivity contribution in [2.75, 3.05) is 32.7 Å². The topological polar surface area (TPSA) is 78.4 Å². The summed E-state index contributed by atoms with van der Waals surface area (Å²) in [6.45, 7) is 4.55. The van der Waals surface area contributed by atoms with E-state index in [0.717, 1.165) is 5.52 Å². The van der Waals surface area contributed by atoms with Crippen LogP contribution in [0.5, 0.6) is 0 Å². The number of hydrogen-bond donors (Lipinski definition) is 1. The van der Waals surface area contributed by atoms with Gasteiger partial charge in [0.15, 0.2) is 0 Å². The summed E-state index contributed by atoms with van der Waals surface area (Å²) in [7, 11) is 0. The zero-order valence-corrected chi connectivity index (χ0v) is 13.0. The van der Waals surface area contributed by atoms with Crippen molar-refractivity contribution < 1.29 is 9.59 Å². The third-order valence-electron chi connectivity index (χ3n) is 3.85. The lowest BCUT2D eigenvalue weighted by Crippen LogP contribution is -2.53. The highest BCUT2D eigenvalue weighted by Crippen LogP contribution is 2.11. The van der Waals surface area contributed by atoms with E-state index in [4.69, 9.17) is 0 Å². The maximum atomic E-state index is 12.6. The molecule has 0 spiro atoms. The molecule has 120 valence electrons. The minimum atomic E-state index is -0.140. The molecule has 2 aromatic rings. The first-order valence-corrected chi connectivity index (χ1v) is 7.73. The number of nitrogens with zero attached hydrogens (tertiary/aromatic N) is 4. The van der Waals surface area contributed by atoms with Gasteiger partial charge in [-0.05, 0) is 19.1 Å². The van der Waals surface area contributed by atoms with E-state index in [1.165, 1.54) is 6.20 Å². The van der Waals surface area contributed by atoms with Crippen LogP contribution in [-0.4, -0.2) is 64.4 Å². The number of carbonyl (C=O) groups excluding carboxylic acids is 2. The smallest absolute Gasteiger partial charge is 0.317 e. The number of urea groups is 1. The lowest BCUT2D eigenvalue weighted by atomic mass is 10.2. The zero-order chi connectivity index (χ0) is 16.2. The van der Waals surface area contributed by atoms with Crippen molar-refractivity contribution in [1.29, 1.82) is 0 Å². The molecule has 1 aromatic carbocycles. The van der Waals surface area contributed by atoms with E-state index in [1.54, 1.807) is 9.80 Å². The number of hydrogen-bond acceptors (Lipinski definition) is 4. The highest BCUT2D eigenvalue weighted by atomic mass is 16.2. The largest absolute Gasteiger partial charge is 0.338 e. The van der Waals surface area contributed by atoms with Crippen molar-refractivity contribution >= 4 is 23.0 Å². The molecule has 1 aliphatic heterocycles. The number of rotatable bonds is 2. The molecule has 7 heteroatoms. The Morgan fingerprint density at radius 3 is 2.43 bits per heavy atom. The van der Waals surface area contributed by atoms with E-state index < -0.39 is 0 Å². The Morgan fingerprint density at radius 1 is 1.09 bits per heavy atom. The Hall–Kier alpha value is -2.70. The van der Waals surface area contributed by atoms with Crippen LogP contribution in [0.1, 0.15) is 17.4 Å². The average Bonchev–Trinajstić information content (AvgIpc) is 2.61. The normalized spacial score (nSPS) is 14.8. The quantitative estimate of drug-likeness (QED) is 0.901. The summed E-state index contributed by atoms with van der Waals surface area (Å²) in [5.41, 5.74) is 1.82. The van der Waals surface area contributed by atoms with Gasteiger partial charge in [-0.3, -0.25) is 9.78 Å². The van der Waals surface area contributed by atoms with Crippen LogP contribution in [0.4, 0.5) is 4.79 Å². The highest BCUT2D eigenvalue weighted by molar-refractivity contribution is 5.94. The van der Waals surface area contributed by atoms with Gasteiger partial charge in [-0.25, -0.2) is 9.78 Å². The van der Waals surface area contributed by atoms with Gasteiger partial charge in [-0.2, -0.15) is 0 Å². The molecule has 0 aliphatic carbocycles. The molecule has 3 rings (SSSR count). The molecule has 0 saturated carbocycles. The number of aromatic nitrogens is 2. The first-order valence-electron chi connectivity index (χ1n) is 7.73. The fourth-order valence-electron chi connectivity index (χ4n) is 2.60. The second-order valence-electron chi connectivity index (χ2n) is 5.36. The van der Waals surface area contributed by atoms with Crippen LogP contribution >= 0.6 is 0 Å². The third-order valence-corrected chi connectivity index (χ3v) is 3.85. The van der Waals surface area contributed by atoms with Crippen molar-refractivity contribution in [2.45, 2.75) is 6.92 Å². The van der Waals surface area contributed by atoms with Crippen molar-refractivity contribution in [3.63, 3.8) is 0 Å². The first-order chi connectivity index (χ1) is 11.2.